The standard InChI is InChI=1S/C38H36F5N6O4S/c1-5-13-45-18-32(50)52-33-23(3)14-26(15-24(33)4)19-48-22-49(47-34(48)35-46-31(20-54-35)27-9-7-25(17-44)8-10-27)21-37(6-2,53-36(51)38(41,42)43)29-12-11-28(39)16-30(29)40/h7-12,14-16,20,22,45H,5-6,13,18-19,21H2,1-4H3/q+1. The van der Waals surface area contributed by atoms with E-state index in [9.17, 15) is 32.4 Å². The Bertz CT molecular complexity index is 2170. The third-order valence-electron chi connectivity index (χ3n) is 8.49. The van der Waals surface area contributed by atoms with Gasteiger partial charge in [0, 0.05) is 27.7 Å². The van der Waals surface area contributed by atoms with Gasteiger partial charge in [-0.2, -0.15) is 18.4 Å². The molecule has 0 bridgehead atoms. The van der Waals surface area contributed by atoms with Crippen molar-refractivity contribution in [2.45, 2.75) is 65.4 Å². The number of aryl methyl sites for hydroxylation is 2. The number of aromatic nitrogens is 4. The summed E-state index contributed by atoms with van der Waals surface area (Å²) in [5, 5.41) is 19.1. The van der Waals surface area contributed by atoms with Crippen molar-refractivity contribution in [1.29, 1.82) is 5.26 Å². The van der Waals surface area contributed by atoms with Crippen LogP contribution in [0.1, 0.15) is 54.5 Å². The molecule has 1 atom stereocenters. The van der Waals surface area contributed by atoms with E-state index in [1.165, 1.54) is 29.3 Å². The average molecular weight is 768 g/mol. The first-order valence-corrected chi connectivity index (χ1v) is 17.7. The summed E-state index contributed by atoms with van der Waals surface area (Å²) in [6.07, 6.45) is -3.41. The van der Waals surface area contributed by atoms with Crippen LogP contribution in [0.15, 0.2) is 66.3 Å². The second kappa shape index (κ2) is 16.6. The summed E-state index contributed by atoms with van der Waals surface area (Å²) < 4.78 is 83.6. The third-order valence-corrected chi connectivity index (χ3v) is 9.33. The lowest BCUT2D eigenvalue weighted by Crippen LogP contribution is -2.42. The number of nitrogens with zero attached hydrogens (tertiary/aromatic N) is 5. The van der Waals surface area contributed by atoms with E-state index < -0.39 is 47.5 Å². The van der Waals surface area contributed by atoms with E-state index in [1.54, 1.807) is 48.1 Å². The number of ether oxygens (including phenoxy) is 2. The number of esters is 2. The maximum Gasteiger partial charge on any atom is 0.490 e. The summed E-state index contributed by atoms with van der Waals surface area (Å²) in [6.45, 7) is 7.26. The molecule has 0 fully saturated rings. The molecule has 2 aromatic heterocycles. The van der Waals surface area contributed by atoms with Crippen molar-refractivity contribution in [2.24, 2.45) is 0 Å². The van der Waals surface area contributed by atoms with Crippen molar-refractivity contribution in [3.05, 3.63) is 106 Å². The maximum absolute atomic E-state index is 15.3. The molecule has 5 rings (SSSR count). The van der Waals surface area contributed by atoms with Gasteiger partial charge >= 0.3 is 23.9 Å². The van der Waals surface area contributed by atoms with E-state index >= 15 is 4.39 Å². The number of carbonyl (C=O) groups excluding carboxylic acids is 2. The second-order valence-corrected chi connectivity index (χ2v) is 13.4. The van der Waals surface area contributed by atoms with Crippen LogP contribution in [0, 0.1) is 36.8 Å². The smallest absolute Gasteiger partial charge is 0.444 e. The van der Waals surface area contributed by atoms with Gasteiger partial charge in [-0.3, -0.25) is 4.79 Å². The summed E-state index contributed by atoms with van der Waals surface area (Å²) in [7, 11) is 0. The summed E-state index contributed by atoms with van der Waals surface area (Å²) in [4.78, 5) is 29.5. The molecule has 16 heteroatoms. The second-order valence-electron chi connectivity index (χ2n) is 12.6. The van der Waals surface area contributed by atoms with E-state index in [0.717, 1.165) is 29.7 Å². The first kappa shape index (κ1) is 39.7. The third kappa shape index (κ3) is 9.15. The Morgan fingerprint density at radius 2 is 1.74 bits per heavy atom. The van der Waals surface area contributed by atoms with Crippen LogP contribution in [0.2, 0.25) is 0 Å². The Balaban J connectivity index is 1.57. The number of alkyl halides is 3. The monoisotopic (exact) mass is 767 g/mol. The van der Waals surface area contributed by atoms with E-state index in [-0.39, 0.29) is 25.3 Å². The fraction of sp³-hybridized carbons (Fsp3) is 0.316. The van der Waals surface area contributed by atoms with Gasteiger partial charge in [-0.15, -0.1) is 16.0 Å². The molecule has 0 saturated heterocycles. The predicted molar refractivity (Wildman–Crippen MR) is 188 cm³/mol. The molecular formula is C38H36F5N6O4S+. The molecule has 10 nitrogen and oxygen atoms in total. The Morgan fingerprint density at radius 3 is 2.35 bits per heavy atom. The molecule has 0 aliphatic heterocycles. The zero-order valence-corrected chi connectivity index (χ0v) is 30.6. The lowest BCUT2D eigenvalue weighted by atomic mass is 9.90. The zero-order chi connectivity index (χ0) is 39.2. The highest BCUT2D eigenvalue weighted by Crippen LogP contribution is 2.37. The molecule has 5 aromatic rings. The van der Waals surface area contributed by atoms with Gasteiger partial charge in [0.25, 0.3) is 0 Å². The quantitative estimate of drug-likeness (QED) is 0.0418. The molecule has 0 radical (unpaired) electrons. The molecule has 1 N–H and O–H groups in total. The van der Waals surface area contributed by atoms with Gasteiger partial charge in [0.2, 0.25) is 6.33 Å². The van der Waals surface area contributed by atoms with Crippen molar-refractivity contribution in [3.8, 4) is 33.9 Å². The minimum atomic E-state index is -5.41. The van der Waals surface area contributed by atoms with Crippen molar-refractivity contribution in [3.63, 3.8) is 0 Å². The number of thiazole rings is 1. The van der Waals surface area contributed by atoms with Crippen molar-refractivity contribution < 1.29 is 45.6 Å². The summed E-state index contributed by atoms with van der Waals surface area (Å²) in [5.74, 6) is -4.47. The Labute approximate surface area is 311 Å². The minimum Gasteiger partial charge on any atom is -0.444 e. The molecule has 282 valence electrons. The van der Waals surface area contributed by atoms with Crippen LogP contribution < -0.4 is 14.6 Å². The first-order chi connectivity index (χ1) is 25.7. The molecule has 0 aliphatic carbocycles. The highest BCUT2D eigenvalue weighted by molar-refractivity contribution is 7.13. The van der Waals surface area contributed by atoms with Crippen LogP contribution >= 0.6 is 11.3 Å². The van der Waals surface area contributed by atoms with Gasteiger partial charge in [-0.05, 0) is 86.3 Å². The predicted octanol–water partition coefficient (Wildman–Crippen LogP) is 7.09. The van der Waals surface area contributed by atoms with E-state index in [1.807, 2.05) is 19.1 Å². The Hall–Kier alpha value is -5.53. The van der Waals surface area contributed by atoms with E-state index in [0.29, 0.717) is 45.8 Å². The first-order valence-electron chi connectivity index (χ1n) is 16.9. The normalized spacial score (nSPS) is 12.6. The number of halogens is 5. The summed E-state index contributed by atoms with van der Waals surface area (Å²) in [6, 6.07) is 14.8. The van der Waals surface area contributed by atoms with Crippen LogP contribution in [0.4, 0.5) is 22.0 Å². The molecule has 0 amide bonds. The van der Waals surface area contributed by atoms with E-state index in [4.69, 9.17) is 14.5 Å². The average Bonchev–Trinajstić information content (AvgIpc) is 3.76. The van der Waals surface area contributed by atoms with Crippen LogP contribution in [0.25, 0.3) is 22.1 Å². The minimum absolute atomic E-state index is 0.0461. The van der Waals surface area contributed by atoms with Gasteiger partial charge in [-0.1, -0.05) is 26.0 Å². The van der Waals surface area contributed by atoms with E-state index in [2.05, 4.69) is 16.5 Å². The lowest BCUT2D eigenvalue weighted by Gasteiger charge is -2.31. The fourth-order valence-electron chi connectivity index (χ4n) is 5.91. The number of hydrogen-bond acceptors (Lipinski definition) is 9. The van der Waals surface area contributed by atoms with Crippen LogP contribution in [0.5, 0.6) is 5.75 Å². The number of carbonyl (C=O) groups is 2. The summed E-state index contributed by atoms with van der Waals surface area (Å²) >= 11 is 1.24. The molecule has 54 heavy (non-hydrogen) atoms. The molecule has 0 aliphatic rings. The number of rotatable bonds is 14. The van der Waals surface area contributed by atoms with Gasteiger partial charge in [0.05, 0.1) is 30.4 Å². The SMILES string of the molecule is CCCNCC(=O)Oc1c(C)cc(C[n+]2cn(CC(CC)(OC(=O)C(F)(F)F)c3ccc(F)cc3F)nc2-c2nc(-c3ccc(C#N)cc3)cs2)cc1C. The number of benzene rings is 3. The molecule has 3 aromatic carbocycles. The molecule has 0 spiro atoms. The number of hydrogen-bond donors (Lipinski definition) is 1. The number of nitriles is 1. The highest BCUT2D eigenvalue weighted by atomic mass is 32.1. The topological polar surface area (TPSA) is 123 Å². The van der Waals surface area contributed by atoms with Crippen LogP contribution in [0.3, 0.4) is 0 Å². The largest absolute Gasteiger partial charge is 0.490 e. The van der Waals surface area contributed by atoms with Crippen LogP contribution in [-0.4, -0.2) is 46.0 Å². The molecule has 0 saturated carbocycles. The zero-order valence-electron chi connectivity index (χ0n) is 29.8. The van der Waals surface area contributed by atoms with Crippen molar-refractivity contribution >= 4 is 23.3 Å². The fourth-order valence-corrected chi connectivity index (χ4v) is 6.74. The van der Waals surface area contributed by atoms with Gasteiger partial charge in [0.15, 0.2) is 10.6 Å². The molecule has 2 heterocycles. The Morgan fingerprint density at radius 1 is 1.04 bits per heavy atom. The van der Waals surface area contributed by atoms with Crippen molar-refractivity contribution in [2.75, 3.05) is 13.1 Å². The molecule has 1 unspecified atom stereocenters. The number of nitrogens with one attached hydrogen (secondary N) is 1. The van der Waals surface area contributed by atoms with Gasteiger partial charge in [0.1, 0.15) is 23.9 Å². The lowest BCUT2D eigenvalue weighted by molar-refractivity contribution is -0.678. The maximum atomic E-state index is 15.3. The van der Waals surface area contributed by atoms with Gasteiger partial charge < -0.3 is 14.8 Å². The van der Waals surface area contributed by atoms with Gasteiger partial charge in [-0.25, -0.2) is 23.1 Å². The van der Waals surface area contributed by atoms with Crippen LogP contribution in [-0.2, 0) is 33.0 Å². The molecular weight excluding hydrogens is 732 g/mol. The highest BCUT2D eigenvalue weighted by Gasteiger charge is 2.49. The summed E-state index contributed by atoms with van der Waals surface area (Å²) in [5.41, 5.74) is 1.14. The van der Waals surface area contributed by atoms with Crippen molar-refractivity contribution in [1.82, 2.24) is 20.1 Å². The Kier molecular flexibility index (Phi) is 12.2.